The number of benzene rings is 6. The van der Waals surface area contributed by atoms with Crippen molar-refractivity contribution < 1.29 is 8.83 Å². The molecule has 0 aliphatic heterocycles. The van der Waals surface area contributed by atoms with Gasteiger partial charge in [0.05, 0.1) is 23.0 Å². The monoisotopic (exact) mass is 577 g/mol. The molecule has 0 bridgehead atoms. The summed E-state index contributed by atoms with van der Waals surface area (Å²) in [7, 11) is 0. The fraction of sp³-hybridized carbons (Fsp3) is 0. The highest BCUT2D eigenvalue weighted by atomic mass is 16.3. The lowest BCUT2D eigenvalue weighted by atomic mass is 9.96. The first-order valence-electron chi connectivity index (χ1n) is 15.0. The molecule has 10 aromatic rings. The molecule has 0 aliphatic rings. The number of anilines is 3. The average Bonchev–Trinajstić information content (AvgIpc) is 3.67. The Hall–Kier alpha value is -6.20. The molecule has 0 saturated heterocycles. The quantitative estimate of drug-likeness (QED) is 0.196. The highest BCUT2D eigenvalue weighted by Gasteiger charge is 2.22. The summed E-state index contributed by atoms with van der Waals surface area (Å²) in [5.41, 5.74) is 6.55. The second-order valence-electron chi connectivity index (χ2n) is 11.4. The Kier molecular flexibility index (Phi) is 4.93. The Morgan fingerprint density at radius 3 is 2.02 bits per heavy atom. The maximum absolute atomic E-state index is 6.52. The standard InChI is InChI=1S/C40H23N3O2/c1-2-8-29-24(7-1)13-15-26-16-14-25-17-18-27(21-32(25)37(26)29)43(28-22-33-30-9-3-5-11-35(30)45-40(33)42-23-28)34-19-20-41-38-31-10-4-6-12-36(31)44-39(34)38/h1-23H. The summed E-state index contributed by atoms with van der Waals surface area (Å²) in [4.78, 5) is 11.8. The molecule has 5 nitrogen and oxygen atoms in total. The second-order valence-corrected chi connectivity index (χ2v) is 11.4. The van der Waals surface area contributed by atoms with Gasteiger partial charge in [-0.2, -0.15) is 0 Å². The fourth-order valence-corrected chi connectivity index (χ4v) is 6.87. The van der Waals surface area contributed by atoms with Crippen LogP contribution in [0.15, 0.2) is 149 Å². The molecule has 0 amide bonds. The van der Waals surface area contributed by atoms with Crippen molar-refractivity contribution in [3.63, 3.8) is 0 Å². The predicted molar refractivity (Wildman–Crippen MR) is 184 cm³/mol. The summed E-state index contributed by atoms with van der Waals surface area (Å²) in [6.45, 7) is 0. The molecule has 0 saturated carbocycles. The van der Waals surface area contributed by atoms with Gasteiger partial charge in [0.1, 0.15) is 16.7 Å². The molecule has 45 heavy (non-hydrogen) atoms. The van der Waals surface area contributed by atoms with Crippen LogP contribution in [0.4, 0.5) is 17.1 Å². The second kappa shape index (κ2) is 9.15. The maximum atomic E-state index is 6.52. The van der Waals surface area contributed by atoms with E-state index in [4.69, 9.17) is 18.8 Å². The van der Waals surface area contributed by atoms with Gasteiger partial charge < -0.3 is 13.7 Å². The van der Waals surface area contributed by atoms with E-state index in [2.05, 4.69) is 89.8 Å². The third kappa shape index (κ3) is 3.55. The van der Waals surface area contributed by atoms with E-state index >= 15 is 0 Å². The topological polar surface area (TPSA) is 55.3 Å². The summed E-state index contributed by atoms with van der Waals surface area (Å²) in [5.74, 6) is 0. The number of hydrogen-bond acceptors (Lipinski definition) is 5. The number of furan rings is 2. The molecule has 0 aliphatic carbocycles. The van der Waals surface area contributed by atoms with Crippen molar-refractivity contribution in [2.45, 2.75) is 0 Å². The van der Waals surface area contributed by atoms with Crippen LogP contribution in [0, 0.1) is 0 Å². The first-order chi connectivity index (χ1) is 22.3. The van der Waals surface area contributed by atoms with Gasteiger partial charge in [-0.25, -0.2) is 4.98 Å². The van der Waals surface area contributed by atoms with Crippen LogP contribution in [-0.2, 0) is 0 Å². The number of fused-ring (bicyclic) bond motifs is 11. The average molecular weight is 578 g/mol. The lowest BCUT2D eigenvalue weighted by Gasteiger charge is -2.25. The van der Waals surface area contributed by atoms with E-state index in [1.54, 1.807) is 0 Å². The number of aromatic nitrogens is 2. The number of rotatable bonds is 3. The zero-order chi connectivity index (χ0) is 29.5. The van der Waals surface area contributed by atoms with Crippen LogP contribution in [0.5, 0.6) is 0 Å². The van der Waals surface area contributed by atoms with Crippen molar-refractivity contribution in [1.82, 2.24) is 9.97 Å². The fourth-order valence-electron chi connectivity index (χ4n) is 6.87. The Balaban J connectivity index is 1.30. The van der Waals surface area contributed by atoms with Crippen LogP contribution < -0.4 is 4.90 Å². The van der Waals surface area contributed by atoms with Gasteiger partial charge in [0, 0.05) is 22.7 Å². The van der Waals surface area contributed by atoms with Crippen molar-refractivity contribution in [2.75, 3.05) is 4.90 Å². The van der Waals surface area contributed by atoms with E-state index in [0.29, 0.717) is 5.71 Å². The van der Waals surface area contributed by atoms with Crippen molar-refractivity contribution in [2.24, 2.45) is 0 Å². The molecule has 0 fully saturated rings. The van der Waals surface area contributed by atoms with E-state index in [-0.39, 0.29) is 0 Å². The summed E-state index contributed by atoms with van der Waals surface area (Å²) in [6, 6.07) is 44.4. The highest BCUT2D eigenvalue weighted by Crippen LogP contribution is 2.44. The third-order valence-electron chi connectivity index (χ3n) is 8.93. The van der Waals surface area contributed by atoms with Crippen LogP contribution in [-0.4, -0.2) is 9.97 Å². The molecule has 10 rings (SSSR count). The lowest BCUT2D eigenvalue weighted by Crippen LogP contribution is -2.11. The zero-order valence-electron chi connectivity index (χ0n) is 23.9. The molecule has 5 heteroatoms. The highest BCUT2D eigenvalue weighted by molar-refractivity contribution is 6.21. The molecule has 0 atom stereocenters. The first-order valence-corrected chi connectivity index (χ1v) is 15.0. The largest absolute Gasteiger partial charge is 0.452 e. The summed E-state index contributed by atoms with van der Waals surface area (Å²) < 4.78 is 12.6. The minimum Gasteiger partial charge on any atom is -0.452 e. The van der Waals surface area contributed by atoms with E-state index < -0.39 is 0 Å². The molecule has 4 heterocycles. The Morgan fingerprint density at radius 2 is 1.16 bits per heavy atom. The number of para-hydroxylation sites is 2. The van der Waals surface area contributed by atoms with E-state index in [1.807, 2.05) is 54.9 Å². The van der Waals surface area contributed by atoms with Crippen LogP contribution in [0.2, 0.25) is 0 Å². The van der Waals surface area contributed by atoms with Crippen molar-refractivity contribution >= 4 is 93.5 Å². The van der Waals surface area contributed by atoms with Crippen LogP contribution in [0.1, 0.15) is 0 Å². The van der Waals surface area contributed by atoms with Crippen molar-refractivity contribution in [3.8, 4) is 0 Å². The van der Waals surface area contributed by atoms with Crippen LogP contribution in [0.25, 0.3) is 76.5 Å². The first kappa shape index (κ1) is 24.3. The molecule has 0 radical (unpaired) electrons. The van der Waals surface area contributed by atoms with Crippen molar-refractivity contribution in [3.05, 3.63) is 140 Å². The van der Waals surface area contributed by atoms with Gasteiger partial charge >= 0.3 is 0 Å². The number of hydrogen-bond donors (Lipinski definition) is 0. The van der Waals surface area contributed by atoms with Crippen LogP contribution in [0.3, 0.4) is 0 Å². The zero-order valence-corrected chi connectivity index (χ0v) is 23.9. The Morgan fingerprint density at radius 1 is 0.489 bits per heavy atom. The Labute approximate surface area is 256 Å². The van der Waals surface area contributed by atoms with Gasteiger partial charge in [-0.1, -0.05) is 84.9 Å². The van der Waals surface area contributed by atoms with Crippen LogP contribution >= 0.6 is 0 Å². The Bertz CT molecular complexity index is 2790. The van der Waals surface area contributed by atoms with E-state index in [0.717, 1.165) is 55.5 Å². The molecule has 210 valence electrons. The number of nitrogens with zero attached hydrogens (tertiary/aromatic N) is 3. The van der Waals surface area contributed by atoms with Gasteiger partial charge in [-0.05, 0) is 74.8 Å². The third-order valence-corrected chi connectivity index (χ3v) is 8.93. The van der Waals surface area contributed by atoms with Gasteiger partial charge in [-0.15, -0.1) is 0 Å². The molecule has 4 aromatic heterocycles. The molecular formula is C40H23N3O2. The molecule has 0 N–H and O–H groups in total. The van der Waals surface area contributed by atoms with E-state index in [9.17, 15) is 0 Å². The molecule has 0 unspecified atom stereocenters. The SMILES string of the molecule is c1ccc2c(c1)ccc1ccc3ccc(N(c4cnc5oc6ccccc6c5c4)c4ccnc5c4oc4ccccc45)cc3c12. The van der Waals surface area contributed by atoms with Crippen molar-refractivity contribution in [1.29, 1.82) is 0 Å². The predicted octanol–water partition coefficient (Wildman–Crippen LogP) is 11.2. The molecular weight excluding hydrogens is 554 g/mol. The minimum absolute atomic E-state index is 0.611. The van der Waals surface area contributed by atoms with Gasteiger partial charge in [-0.3, -0.25) is 4.98 Å². The lowest BCUT2D eigenvalue weighted by molar-refractivity contribution is 0.654. The number of pyridine rings is 2. The van der Waals surface area contributed by atoms with Gasteiger partial charge in [0.15, 0.2) is 5.58 Å². The molecule has 6 aromatic carbocycles. The van der Waals surface area contributed by atoms with Gasteiger partial charge in [0.25, 0.3) is 0 Å². The summed E-state index contributed by atoms with van der Waals surface area (Å²) >= 11 is 0. The minimum atomic E-state index is 0.611. The molecule has 0 spiro atoms. The summed E-state index contributed by atoms with van der Waals surface area (Å²) in [5, 5.41) is 10.2. The smallest absolute Gasteiger partial charge is 0.227 e. The van der Waals surface area contributed by atoms with E-state index in [1.165, 1.54) is 32.3 Å². The van der Waals surface area contributed by atoms with Gasteiger partial charge in [0.2, 0.25) is 5.71 Å². The maximum Gasteiger partial charge on any atom is 0.227 e. The normalized spacial score (nSPS) is 12.0. The summed E-state index contributed by atoms with van der Waals surface area (Å²) in [6.07, 6.45) is 3.73.